The molecule has 0 radical (unpaired) electrons. The number of aryl methyl sites for hydroxylation is 1. The number of nitrogens with zero attached hydrogens (tertiary/aromatic N) is 1. The average Bonchev–Trinajstić information content (AvgIpc) is 2.72. The number of H-pyrrole nitrogens is 1. The zero-order valence-corrected chi connectivity index (χ0v) is 11.5. The monoisotopic (exact) mass is 308 g/mol. The van der Waals surface area contributed by atoms with Crippen LogP contribution in [-0.2, 0) is 13.8 Å². The maximum absolute atomic E-state index is 13.7. The lowest BCUT2D eigenvalue weighted by Crippen LogP contribution is -2.33. The first kappa shape index (κ1) is 15.1. The van der Waals surface area contributed by atoms with Gasteiger partial charge in [-0.1, -0.05) is 0 Å². The highest BCUT2D eigenvalue weighted by molar-refractivity contribution is 7.32. The lowest BCUT2D eigenvalue weighted by molar-refractivity contribution is -0.0311. The number of hydrogen-bond acceptors (Lipinski definition) is 5. The molecule has 0 saturated carbocycles. The molecule has 1 aliphatic heterocycles. The van der Waals surface area contributed by atoms with Crippen LogP contribution in [0.15, 0.2) is 15.8 Å². The molecule has 0 bridgehead atoms. The summed E-state index contributed by atoms with van der Waals surface area (Å²) in [5, 5.41) is 0. The predicted molar refractivity (Wildman–Crippen MR) is 66.7 cm³/mol. The molecule has 0 spiro atoms. The maximum atomic E-state index is 13.7. The lowest BCUT2D eigenvalue weighted by atomic mass is 10.2. The van der Waals surface area contributed by atoms with Gasteiger partial charge in [0.25, 0.3) is 5.56 Å². The molecular formula is C10H14FN2O6P. The van der Waals surface area contributed by atoms with E-state index < -0.39 is 38.0 Å². The average molecular weight is 308 g/mol. The quantitative estimate of drug-likeness (QED) is 0.750. The van der Waals surface area contributed by atoms with Gasteiger partial charge in [0.15, 0.2) is 0 Å². The highest BCUT2D eigenvalue weighted by Gasteiger charge is 2.37. The van der Waals surface area contributed by atoms with Gasteiger partial charge in [-0.2, -0.15) is 0 Å². The minimum atomic E-state index is -3.16. The number of alkyl halides is 1. The van der Waals surface area contributed by atoms with Crippen molar-refractivity contribution in [2.45, 2.75) is 31.8 Å². The number of halogens is 1. The third-order valence-electron chi connectivity index (χ3n) is 2.99. The number of aromatic nitrogens is 2. The van der Waals surface area contributed by atoms with Crippen molar-refractivity contribution in [3.8, 4) is 0 Å². The minimum Gasteiger partial charge on any atom is -0.349 e. The van der Waals surface area contributed by atoms with Gasteiger partial charge in [-0.25, -0.2) is 9.18 Å². The van der Waals surface area contributed by atoms with Crippen molar-refractivity contribution in [2.24, 2.45) is 0 Å². The van der Waals surface area contributed by atoms with E-state index in [0.717, 1.165) is 4.57 Å². The molecule has 20 heavy (non-hydrogen) atoms. The number of aromatic amines is 1. The summed E-state index contributed by atoms with van der Waals surface area (Å²) in [5.41, 5.74) is -0.918. The van der Waals surface area contributed by atoms with Crippen LogP contribution in [0.25, 0.3) is 0 Å². The van der Waals surface area contributed by atoms with Gasteiger partial charge in [0, 0.05) is 18.2 Å². The van der Waals surface area contributed by atoms with Crippen molar-refractivity contribution in [1.29, 1.82) is 0 Å². The van der Waals surface area contributed by atoms with Gasteiger partial charge in [0.05, 0.1) is 6.61 Å². The topological polar surface area (TPSA) is 111 Å². The maximum Gasteiger partial charge on any atom is 0.330 e. The van der Waals surface area contributed by atoms with Crippen molar-refractivity contribution >= 4 is 8.25 Å². The minimum absolute atomic E-state index is 0.105. The van der Waals surface area contributed by atoms with Crippen LogP contribution < -0.4 is 11.2 Å². The van der Waals surface area contributed by atoms with Gasteiger partial charge in [-0.3, -0.25) is 18.9 Å². The Labute approximate surface area is 113 Å². The Morgan fingerprint density at radius 2 is 2.35 bits per heavy atom. The highest BCUT2D eigenvalue weighted by Crippen LogP contribution is 2.31. The van der Waals surface area contributed by atoms with Crippen LogP contribution in [0.1, 0.15) is 18.2 Å². The molecule has 2 N–H and O–H groups in total. The molecule has 1 fully saturated rings. The van der Waals surface area contributed by atoms with Gasteiger partial charge >= 0.3 is 13.9 Å². The van der Waals surface area contributed by atoms with Crippen molar-refractivity contribution < 1.29 is 23.1 Å². The summed E-state index contributed by atoms with van der Waals surface area (Å²) < 4.78 is 35.0. The molecule has 1 saturated heterocycles. The summed E-state index contributed by atoms with van der Waals surface area (Å²) in [6.45, 7) is 1.14. The summed E-state index contributed by atoms with van der Waals surface area (Å²) in [5.74, 6) is 0. The molecule has 112 valence electrons. The molecule has 1 aromatic heterocycles. The van der Waals surface area contributed by atoms with Gasteiger partial charge < -0.3 is 14.2 Å². The second kappa shape index (κ2) is 6.01. The molecule has 8 nitrogen and oxygen atoms in total. The van der Waals surface area contributed by atoms with Gasteiger partial charge in [0.2, 0.25) is 0 Å². The predicted octanol–water partition coefficient (Wildman–Crippen LogP) is -0.131. The largest absolute Gasteiger partial charge is 0.349 e. The summed E-state index contributed by atoms with van der Waals surface area (Å²) in [6.07, 6.45) is -2.16. The fourth-order valence-corrected chi connectivity index (χ4v) is 2.27. The van der Waals surface area contributed by atoms with Crippen molar-refractivity contribution in [3.05, 3.63) is 32.6 Å². The number of ether oxygens (including phenoxy) is 1. The summed E-state index contributed by atoms with van der Waals surface area (Å²) in [6, 6.07) is 0. The van der Waals surface area contributed by atoms with Gasteiger partial charge in [-0.15, -0.1) is 0 Å². The number of nitrogens with one attached hydrogen (secondary N) is 1. The molecule has 2 heterocycles. The first-order chi connectivity index (χ1) is 9.38. The van der Waals surface area contributed by atoms with E-state index >= 15 is 0 Å². The zero-order valence-electron chi connectivity index (χ0n) is 10.5. The van der Waals surface area contributed by atoms with Gasteiger partial charge in [0.1, 0.15) is 18.5 Å². The Morgan fingerprint density at radius 3 is 3.00 bits per heavy atom. The first-order valence-electron chi connectivity index (χ1n) is 5.86. The van der Waals surface area contributed by atoms with Crippen LogP contribution in [0.5, 0.6) is 0 Å². The van der Waals surface area contributed by atoms with Crippen LogP contribution in [0.4, 0.5) is 4.39 Å². The van der Waals surface area contributed by atoms with Crippen molar-refractivity contribution in [1.82, 2.24) is 9.55 Å². The van der Waals surface area contributed by atoms with Crippen LogP contribution in [-0.4, -0.2) is 33.3 Å². The summed E-state index contributed by atoms with van der Waals surface area (Å²) in [4.78, 5) is 33.5. The highest BCUT2D eigenvalue weighted by atomic mass is 31.1. The zero-order chi connectivity index (χ0) is 14.9. The molecule has 0 amide bonds. The van der Waals surface area contributed by atoms with E-state index in [0.29, 0.717) is 5.56 Å². The van der Waals surface area contributed by atoms with E-state index in [9.17, 15) is 18.5 Å². The molecule has 1 aliphatic rings. The number of rotatable bonds is 4. The molecular weight excluding hydrogens is 294 g/mol. The molecule has 2 rings (SSSR count). The normalized spacial score (nSPS) is 27.6. The Kier molecular flexibility index (Phi) is 4.54. The first-order valence-corrected chi connectivity index (χ1v) is 7.12. The van der Waals surface area contributed by atoms with Crippen molar-refractivity contribution in [2.75, 3.05) is 6.61 Å². The Hall–Kier alpha value is -1.28. The van der Waals surface area contributed by atoms with E-state index in [1.54, 1.807) is 0 Å². The fraction of sp³-hybridized carbons (Fsp3) is 0.600. The standard InChI is InChI=1S/C10H14FN2O6P/c1-5-3-13(10(15)12-9(5)14)8-2-6(11)7(19-8)4-18-20(16)17/h3,6-8,20H,2,4H2,1H3,(H,16,17)(H,12,14,15). The van der Waals surface area contributed by atoms with E-state index in [1.807, 2.05) is 0 Å². The fourth-order valence-electron chi connectivity index (χ4n) is 1.96. The Balaban J connectivity index is 2.16. The smallest absolute Gasteiger partial charge is 0.330 e. The summed E-state index contributed by atoms with van der Waals surface area (Å²) >= 11 is 0. The molecule has 0 aliphatic carbocycles. The molecule has 4 unspecified atom stereocenters. The molecule has 10 heteroatoms. The third-order valence-corrected chi connectivity index (χ3v) is 3.40. The lowest BCUT2D eigenvalue weighted by Gasteiger charge is -2.15. The molecule has 1 aromatic rings. The molecule has 0 aromatic carbocycles. The third kappa shape index (κ3) is 3.24. The van der Waals surface area contributed by atoms with Crippen LogP contribution in [0.2, 0.25) is 0 Å². The van der Waals surface area contributed by atoms with Crippen LogP contribution in [0.3, 0.4) is 0 Å². The second-order valence-electron chi connectivity index (χ2n) is 4.44. The summed E-state index contributed by atoms with van der Waals surface area (Å²) in [7, 11) is -3.16. The number of hydrogen-bond donors (Lipinski definition) is 2. The van der Waals surface area contributed by atoms with E-state index in [2.05, 4.69) is 9.51 Å². The SMILES string of the molecule is Cc1cn(C2CC(F)C(CO[PH](=O)O)O2)c(=O)[nH]c1=O. The van der Waals surface area contributed by atoms with Crippen LogP contribution >= 0.6 is 8.25 Å². The second-order valence-corrected chi connectivity index (χ2v) is 5.26. The van der Waals surface area contributed by atoms with E-state index in [1.165, 1.54) is 13.1 Å². The molecule has 4 atom stereocenters. The Morgan fingerprint density at radius 1 is 1.65 bits per heavy atom. The Bertz CT molecular complexity index is 629. The van der Waals surface area contributed by atoms with Crippen LogP contribution in [0, 0.1) is 6.92 Å². The van der Waals surface area contributed by atoms with Crippen molar-refractivity contribution in [3.63, 3.8) is 0 Å². The van der Waals surface area contributed by atoms with E-state index in [4.69, 9.17) is 9.63 Å². The van der Waals surface area contributed by atoms with Gasteiger partial charge in [-0.05, 0) is 6.92 Å². The van der Waals surface area contributed by atoms with E-state index in [-0.39, 0.29) is 13.0 Å².